The molecule has 24 heavy (non-hydrogen) atoms. The van der Waals surface area contributed by atoms with Gasteiger partial charge in [0.1, 0.15) is 6.33 Å². The molecule has 4 rings (SSSR count). The van der Waals surface area contributed by atoms with E-state index in [2.05, 4.69) is 20.8 Å². The van der Waals surface area contributed by atoms with E-state index in [9.17, 15) is 9.59 Å². The van der Waals surface area contributed by atoms with Gasteiger partial charge in [0.05, 0.1) is 12.6 Å². The molecule has 2 aliphatic carbocycles. The minimum atomic E-state index is 0.0130. The summed E-state index contributed by atoms with van der Waals surface area (Å²) in [6, 6.07) is 0.0999. The molecule has 8 heteroatoms. The van der Waals surface area contributed by atoms with Crippen molar-refractivity contribution in [2.45, 2.75) is 51.1 Å². The fourth-order valence-corrected chi connectivity index (χ4v) is 3.85. The SMILES string of the molecule is O=C(CCn1cnnn1)NC1CN(C(=O)C2CCC2)CC1C1CC1. The van der Waals surface area contributed by atoms with Crippen molar-refractivity contribution >= 4 is 11.8 Å². The lowest BCUT2D eigenvalue weighted by molar-refractivity contribution is -0.137. The molecule has 130 valence electrons. The molecule has 8 nitrogen and oxygen atoms in total. The lowest BCUT2D eigenvalue weighted by Gasteiger charge is -2.29. The third-order valence-corrected chi connectivity index (χ3v) is 5.66. The molecule has 0 radical (unpaired) electrons. The zero-order valence-electron chi connectivity index (χ0n) is 13.8. The normalized spacial score (nSPS) is 27.1. The highest BCUT2D eigenvalue weighted by molar-refractivity contribution is 5.80. The first-order valence-electron chi connectivity index (χ1n) is 8.99. The van der Waals surface area contributed by atoms with Gasteiger partial charge in [0.15, 0.2) is 0 Å². The van der Waals surface area contributed by atoms with Crippen molar-refractivity contribution in [3.63, 3.8) is 0 Å². The number of aryl methyl sites for hydroxylation is 1. The van der Waals surface area contributed by atoms with Crippen molar-refractivity contribution in [2.24, 2.45) is 17.8 Å². The van der Waals surface area contributed by atoms with Crippen LogP contribution in [0.25, 0.3) is 0 Å². The summed E-state index contributed by atoms with van der Waals surface area (Å²) in [4.78, 5) is 26.8. The Morgan fingerprint density at radius 3 is 2.62 bits per heavy atom. The van der Waals surface area contributed by atoms with Gasteiger partial charge in [0.25, 0.3) is 0 Å². The van der Waals surface area contributed by atoms with Gasteiger partial charge in [-0.25, -0.2) is 4.68 Å². The van der Waals surface area contributed by atoms with Gasteiger partial charge in [-0.15, -0.1) is 5.10 Å². The summed E-state index contributed by atoms with van der Waals surface area (Å²) in [6.07, 6.45) is 7.57. The van der Waals surface area contributed by atoms with E-state index < -0.39 is 0 Å². The Labute approximate surface area is 141 Å². The molecule has 1 saturated heterocycles. The predicted octanol–water partition coefficient (Wildman–Crippen LogP) is 0.217. The second-order valence-electron chi connectivity index (χ2n) is 7.37. The second kappa shape index (κ2) is 6.49. The van der Waals surface area contributed by atoms with E-state index in [0.717, 1.165) is 19.4 Å². The molecule has 1 aromatic heterocycles. The maximum atomic E-state index is 12.5. The van der Waals surface area contributed by atoms with E-state index in [4.69, 9.17) is 0 Å². The molecule has 0 aromatic carbocycles. The van der Waals surface area contributed by atoms with Crippen molar-refractivity contribution in [1.82, 2.24) is 30.4 Å². The van der Waals surface area contributed by atoms with E-state index in [1.807, 2.05) is 4.90 Å². The number of carbonyl (C=O) groups is 2. The quantitative estimate of drug-likeness (QED) is 0.804. The molecule has 3 fully saturated rings. The van der Waals surface area contributed by atoms with Gasteiger partial charge in [-0.1, -0.05) is 6.42 Å². The molecule has 3 aliphatic rings. The highest BCUT2D eigenvalue weighted by Crippen LogP contribution is 2.42. The zero-order valence-corrected chi connectivity index (χ0v) is 13.8. The van der Waals surface area contributed by atoms with Crippen molar-refractivity contribution in [3.05, 3.63) is 6.33 Å². The molecule has 2 heterocycles. The first kappa shape index (κ1) is 15.5. The lowest BCUT2D eigenvalue weighted by atomic mass is 9.84. The number of likely N-dealkylation sites (tertiary alicyclic amines) is 1. The topological polar surface area (TPSA) is 93.0 Å². The number of hydrogen-bond donors (Lipinski definition) is 1. The number of rotatable bonds is 6. The highest BCUT2D eigenvalue weighted by atomic mass is 16.2. The molecule has 1 N–H and O–H groups in total. The number of hydrogen-bond acceptors (Lipinski definition) is 5. The van der Waals surface area contributed by atoms with Gasteiger partial charge in [0, 0.05) is 31.3 Å². The van der Waals surface area contributed by atoms with E-state index in [-0.39, 0.29) is 17.9 Å². The number of aromatic nitrogens is 4. The Balaban J connectivity index is 1.32. The average Bonchev–Trinajstić information content (AvgIpc) is 3.06. The molecule has 0 spiro atoms. The lowest BCUT2D eigenvalue weighted by Crippen LogP contribution is -2.43. The molecular weight excluding hydrogens is 308 g/mol. The van der Waals surface area contributed by atoms with Crippen LogP contribution in [0.3, 0.4) is 0 Å². The molecule has 0 bridgehead atoms. The fourth-order valence-electron chi connectivity index (χ4n) is 3.85. The van der Waals surface area contributed by atoms with Crippen molar-refractivity contribution < 1.29 is 9.59 Å². The number of nitrogens with zero attached hydrogens (tertiary/aromatic N) is 5. The van der Waals surface area contributed by atoms with Crippen molar-refractivity contribution in [2.75, 3.05) is 13.1 Å². The Hall–Kier alpha value is -1.99. The summed E-state index contributed by atoms with van der Waals surface area (Å²) in [5.74, 6) is 1.65. The van der Waals surface area contributed by atoms with Crippen molar-refractivity contribution in [1.29, 1.82) is 0 Å². The van der Waals surface area contributed by atoms with Crippen LogP contribution in [0.2, 0.25) is 0 Å². The molecule has 2 unspecified atom stereocenters. The van der Waals surface area contributed by atoms with E-state index in [1.54, 1.807) is 4.68 Å². The van der Waals surface area contributed by atoms with E-state index in [0.29, 0.717) is 37.3 Å². The van der Waals surface area contributed by atoms with Gasteiger partial charge in [-0.3, -0.25) is 9.59 Å². The van der Waals surface area contributed by atoms with Crippen molar-refractivity contribution in [3.8, 4) is 0 Å². The van der Waals surface area contributed by atoms with Gasteiger partial charge in [-0.2, -0.15) is 0 Å². The molecule has 1 aromatic rings. The number of carbonyl (C=O) groups excluding carboxylic acids is 2. The number of amides is 2. The zero-order chi connectivity index (χ0) is 16.5. The summed E-state index contributed by atoms with van der Waals surface area (Å²) in [5, 5.41) is 14.0. The predicted molar refractivity (Wildman–Crippen MR) is 84.5 cm³/mol. The van der Waals surface area contributed by atoms with E-state index in [1.165, 1.54) is 25.6 Å². The molecule has 2 atom stereocenters. The monoisotopic (exact) mass is 332 g/mol. The standard InChI is InChI=1S/C16H24N6O2/c23-15(6-7-22-10-17-19-20-22)18-14-9-21(8-13(14)11-4-5-11)16(24)12-2-1-3-12/h10-14H,1-9H2,(H,18,23). The minimum absolute atomic E-state index is 0.0130. The summed E-state index contributed by atoms with van der Waals surface area (Å²) >= 11 is 0. The highest BCUT2D eigenvalue weighted by Gasteiger charge is 2.45. The van der Waals surface area contributed by atoms with Crippen LogP contribution in [0.5, 0.6) is 0 Å². The average molecular weight is 332 g/mol. The first-order chi connectivity index (χ1) is 11.7. The first-order valence-corrected chi connectivity index (χ1v) is 8.99. The molecule has 1 aliphatic heterocycles. The number of nitrogens with one attached hydrogen (secondary N) is 1. The summed E-state index contributed by atoms with van der Waals surface area (Å²) in [6.45, 7) is 1.97. The van der Waals surface area contributed by atoms with Crippen LogP contribution >= 0.6 is 0 Å². The Bertz CT molecular complexity index is 596. The summed E-state index contributed by atoms with van der Waals surface area (Å²) < 4.78 is 1.55. The van der Waals surface area contributed by atoms with Crippen LogP contribution in [-0.2, 0) is 16.1 Å². The van der Waals surface area contributed by atoms with Crippen LogP contribution in [0.15, 0.2) is 6.33 Å². The molecule has 2 saturated carbocycles. The third-order valence-electron chi connectivity index (χ3n) is 5.66. The smallest absolute Gasteiger partial charge is 0.225 e. The second-order valence-corrected chi connectivity index (χ2v) is 7.37. The van der Waals surface area contributed by atoms with Crippen LogP contribution in [0.1, 0.15) is 38.5 Å². The summed E-state index contributed by atoms with van der Waals surface area (Å²) in [7, 11) is 0. The largest absolute Gasteiger partial charge is 0.351 e. The maximum absolute atomic E-state index is 12.5. The number of tetrazole rings is 1. The fraction of sp³-hybridized carbons (Fsp3) is 0.812. The van der Waals surface area contributed by atoms with Gasteiger partial charge in [0.2, 0.25) is 11.8 Å². The summed E-state index contributed by atoms with van der Waals surface area (Å²) in [5.41, 5.74) is 0. The Morgan fingerprint density at radius 2 is 2.00 bits per heavy atom. The van der Waals surface area contributed by atoms with E-state index >= 15 is 0 Å². The Morgan fingerprint density at radius 1 is 1.17 bits per heavy atom. The van der Waals surface area contributed by atoms with Gasteiger partial charge >= 0.3 is 0 Å². The molecular formula is C16H24N6O2. The maximum Gasteiger partial charge on any atom is 0.225 e. The van der Waals surface area contributed by atoms with Crippen LogP contribution in [0.4, 0.5) is 0 Å². The van der Waals surface area contributed by atoms with Crippen LogP contribution in [0, 0.1) is 17.8 Å². The minimum Gasteiger partial charge on any atom is -0.351 e. The van der Waals surface area contributed by atoms with Crippen LogP contribution < -0.4 is 5.32 Å². The van der Waals surface area contributed by atoms with Gasteiger partial charge < -0.3 is 10.2 Å². The third kappa shape index (κ3) is 3.27. The Kier molecular flexibility index (Phi) is 4.20. The van der Waals surface area contributed by atoms with Gasteiger partial charge in [-0.05, 0) is 42.0 Å². The van der Waals surface area contributed by atoms with Crippen LogP contribution in [-0.4, -0.2) is 56.1 Å². The molecule has 2 amide bonds.